The maximum Gasteiger partial charge on any atom is 0.276 e. The average Bonchev–Trinajstić information content (AvgIpc) is 3.39. The van der Waals surface area contributed by atoms with E-state index in [4.69, 9.17) is 4.74 Å². The molecule has 8 nitrogen and oxygen atoms in total. The molecule has 2 N–H and O–H groups in total. The number of aromatic nitrogens is 4. The van der Waals surface area contributed by atoms with E-state index in [0.717, 1.165) is 72.6 Å². The zero-order valence-electron chi connectivity index (χ0n) is 20.9. The molecule has 1 saturated heterocycles. The molecule has 2 aromatic carbocycles. The topological polar surface area (TPSA) is 96.0 Å². The van der Waals surface area contributed by atoms with Crippen LogP contribution in [-0.4, -0.2) is 57.3 Å². The molecule has 38 heavy (non-hydrogen) atoms. The molecular weight excluding hydrogens is 476 g/mol. The third-order valence-corrected chi connectivity index (χ3v) is 6.73. The highest BCUT2D eigenvalue weighted by atomic mass is 16.5. The van der Waals surface area contributed by atoms with Crippen LogP contribution in [0, 0.1) is 0 Å². The molecule has 0 aliphatic carbocycles. The van der Waals surface area contributed by atoms with Crippen molar-refractivity contribution in [3.05, 3.63) is 108 Å². The van der Waals surface area contributed by atoms with Gasteiger partial charge in [0.2, 0.25) is 0 Å². The van der Waals surface area contributed by atoms with Gasteiger partial charge in [-0.1, -0.05) is 36.4 Å². The summed E-state index contributed by atoms with van der Waals surface area (Å²) in [5.41, 5.74) is 7.03. The lowest BCUT2D eigenvalue weighted by Crippen LogP contribution is -2.35. The Morgan fingerprint density at radius 1 is 0.921 bits per heavy atom. The van der Waals surface area contributed by atoms with Crippen molar-refractivity contribution in [2.45, 2.75) is 13.0 Å². The van der Waals surface area contributed by atoms with Crippen LogP contribution in [0.2, 0.25) is 0 Å². The molecule has 0 radical (unpaired) electrons. The van der Waals surface area contributed by atoms with Crippen LogP contribution in [0.3, 0.4) is 0 Å². The van der Waals surface area contributed by atoms with Crippen molar-refractivity contribution in [2.24, 2.45) is 0 Å². The summed E-state index contributed by atoms with van der Waals surface area (Å²) >= 11 is 0. The number of nitrogens with one attached hydrogen (secondary N) is 2. The maximum absolute atomic E-state index is 13.1. The standard InChI is InChI=1S/C30H28N6O2/c37-30(33-26-8-7-25(32-19-26)15-21-4-2-1-3-5-21)29-27-16-23(6-9-28(27)34-35-29)24-14-22(17-31-18-24)20-36-10-12-38-13-11-36/h1-9,14,16-19H,10-13,15,20H2,(H,33,37)(H,34,35). The predicted octanol–water partition coefficient (Wildman–Crippen LogP) is 4.70. The van der Waals surface area contributed by atoms with Gasteiger partial charge in [0.25, 0.3) is 5.91 Å². The smallest absolute Gasteiger partial charge is 0.276 e. The lowest BCUT2D eigenvalue weighted by Gasteiger charge is -2.26. The van der Waals surface area contributed by atoms with Crippen LogP contribution >= 0.6 is 0 Å². The van der Waals surface area contributed by atoms with Gasteiger partial charge in [0.05, 0.1) is 30.6 Å². The van der Waals surface area contributed by atoms with Gasteiger partial charge in [-0.2, -0.15) is 5.10 Å². The molecule has 1 aliphatic rings. The number of H-pyrrole nitrogens is 1. The summed E-state index contributed by atoms with van der Waals surface area (Å²) in [4.78, 5) is 24.5. The summed E-state index contributed by atoms with van der Waals surface area (Å²) in [6.45, 7) is 4.22. The quantitative estimate of drug-likeness (QED) is 0.334. The largest absolute Gasteiger partial charge is 0.379 e. The summed E-state index contributed by atoms with van der Waals surface area (Å²) in [6.07, 6.45) is 6.19. The number of carbonyl (C=O) groups excluding carboxylic acids is 1. The molecular formula is C30H28N6O2. The fraction of sp³-hybridized carbons (Fsp3) is 0.200. The Morgan fingerprint density at radius 2 is 1.79 bits per heavy atom. The number of carbonyl (C=O) groups is 1. The molecule has 0 bridgehead atoms. The number of nitrogens with zero attached hydrogens (tertiary/aromatic N) is 4. The summed E-state index contributed by atoms with van der Waals surface area (Å²) in [5.74, 6) is -0.287. The number of anilines is 1. The highest BCUT2D eigenvalue weighted by molar-refractivity contribution is 6.11. The van der Waals surface area contributed by atoms with Crippen molar-refractivity contribution in [3.8, 4) is 11.1 Å². The van der Waals surface area contributed by atoms with Crippen LogP contribution in [0.25, 0.3) is 22.0 Å². The van der Waals surface area contributed by atoms with E-state index in [0.29, 0.717) is 11.4 Å². The van der Waals surface area contributed by atoms with Crippen LogP contribution in [0.4, 0.5) is 5.69 Å². The predicted molar refractivity (Wildman–Crippen MR) is 147 cm³/mol. The maximum atomic E-state index is 13.1. The summed E-state index contributed by atoms with van der Waals surface area (Å²) in [5, 5.41) is 11.0. The molecule has 5 aromatic rings. The second kappa shape index (κ2) is 10.9. The molecule has 6 rings (SSSR count). The van der Waals surface area contributed by atoms with Crippen LogP contribution < -0.4 is 5.32 Å². The number of amides is 1. The minimum absolute atomic E-state index is 0.287. The minimum atomic E-state index is -0.287. The number of ether oxygens (including phenoxy) is 1. The van der Waals surface area contributed by atoms with Gasteiger partial charge >= 0.3 is 0 Å². The molecule has 4 heterocycles. The highest BCUT2D eigenvalue weighted by Gasteiger charge is 2.16. The van der Waals surface area contributed by atoms with Gasteiger partial charge in [0.1, 0.15) is 0 Å². The van der Waals surface area contributed by atoms with E-state index in [1.54, 1.807) is 6.20 Å². The molecule has 190 valence electrons. The molecule has 0 saturated carbocycles. The van der Waals surface area contributed by atoms with E-state index in [1.165, 1.54) is 5.56 Å². The van der Waals surface area contributed by atoms with Gasteiger partial charge in [0, 0.05) is 55.1 Å². The SMILES string of the molecule is O=C(Nc1ccc(Cc2ccccc2)nc1)c1n[nH]c2ccc(-c3cncc(CN4CCOCC4)c3)cc12. The van der Waals surface area contributed by atoms with Gasteiger partial charge in [-0.3, -0.25) is 24.8 Å². The molecule has 1 fully saturated rings. The monoisotopic (exact) mass is 504 g/mol. The third-order valence-electron chi connectivity index (χ3n) is 6.73. The van der Waals surface area contributed by atoms with Crippen molar-refractivity contribution in [1.82, 2.24) is 25.1 Å². The number of pyridine rings is 2. The Labute approximate surface area is 220 Å². The first-order chi connectivity index (χ1) is 18.7. The van der Waals surface area contributed by atoms with E-state index >= 15 is 0 Å². The zero-order chi connectivity index (χ0) is 25.7. The van der Waals surface area contributed by atoms with Gasteiger partial charge in [-0.25, -0.2) is 0 Å². The summed E-state index contributed by atoms with van der Waals surface area (Å²) in [6, 6.07) is 22.1. The second-order valence-corrected chi connectivity index (χ2v) is 9.46. The molecule has 3 aromatic heterocycles. The number of hydrogen-bond donors (Lipinski definition) is 2. The van der Waals surface area contributed by atoms with Crippen LogP contribution in [0.5, 0.6) is 0 Å². The molecule has 1 amide bonds. The number of aromatic amines is 1. The first kappa shape index (κ1) is 24.0. The molecule has 0 spiro atoms. The van der Waals surface area contributed by atoms with Crippen LogP contribution in [-0.2, 0) is 17.7 Å². The van der Waals surface area contributed by atoms with Crippen LogP contribution in [0.15, 0.2) is 85.3 Å². The first-order valence-electron chi connectivity index (χ1n) is 12.7. The lowest BCUT2D eigenvalue weighted by molar-refractivity contribution is 0.0341. The van der Waals surface area contributed by atoms with Crippen molar-refractivity contribution >= 4 is 22.5 Å². The normalized spacial score (nSPS) is 14.0. The number of morpholine rings is 1. The van der Waals surface area contributed by atoms with Gasteiger partial charge < -0.3 is 10.1 Å². The third kappa shape index (κ3) is 5.46. The Hall–Kier alpha value is -4.40. The van der Waals surface area contributed by atoms with Gasteiger partial charge in [-0.05, 0) is 47.0 Å². The number of hydrogen-bond acceptors (Lipinski definition) is 6. The Balaban J connectivity index is 1.18. The van der Waals surface area contributed by atoms with E-state index in [2.05, 4.69) is 48.6 Å². The van der Waals surface area contributed by atoms with Crippen molar-refractivity contribution in [1.29, 1.82) is 0 Å². The second-order valence-electron chi connectivity index (χ2n) is 9.46. The number of fused-ring (bicyclic) bond motifs is 1. The van der Waals surface area contributed by atoms with E-state index < -0.39 is 0 Å². The average molecular weight is 505 g/mol. The molecule has 1 aliphatic heterocycles. The number of benzene rings is 2. The van der Waals surface area contributed by atoms with E-state index in [1.807, 2.05) is 60.9 Å². The minimum Gasteiger partial charge on any atom is -0.379 e. The molecule has 0 unspecified atom stereocenters. The van der Waals surface area contributed by atoms with E-state index in [9.17, 15) is 4.79 Å². The fourth-order valence-electron chi connectivity index (χ4n) is 4.71. The lowest BCUT2D eigenvalue weighted by atomic mass is 10.0. The number of rotatable bonds is 7. The Morgan fingerprint density at radius 3 is 2.61 bits per heavy atom. The molecule has 8 heteroatoms. The highest BCUT2D eigenvalue weighted by Crippen LogP contribution is 2.26. The van der Waals surface area contributed by atoms with Crippen molar-refractivity contribution in [3.63, 3.8) is 0 Å². The van der Waals surface area contributed by atoms with Gasteiger partial charge in [0.15, 0.2) is 5.69 Å². The fourth-order valence-corrected chi connectivity index (χ4v) is 4.71. The zero-order valence-corrected chi connectivity index (χ0v) is 20.9. The van der Waals surface area contributed by atoms with Crippen molar-refractivity contribution in [2.75, 3.05) is 31.6 Å². The Kier molecular flexibility index (Phi) is 6.89. The Bertz CT molecular complexity index is 1540. The van der Waals surface area contributed by atoms with E-state index in [-0.39, 0.29) is 5.91 Å². The molecule has 0 atom stereocenters. The van der Waals surface area contributed by atoms with Crippen molar-refractivity contribution < 1.29 is 9.53 Å². The first-order valence-corrected chi connectivity index (χ1v) is 12.7. The summed E-state index contributed by atoms with van der Waals surface area (Å²) < 4.78 is 5.46. The van der Waals surface area contributed by atoms with Crippen LogP contribution in [0.1, 0.15) is 27.3 Å². The van der Waals surface area contributed by atoms with Gasteiger partial charge in [-0.15, -0.1) is 0 Å². The summed E-state index contributed by atoms with van der Waals surface area (Å²) in [7, 11) is 0.